The monoisotopic (exact) mass is 403 g/mol. The molecule has 1 N–H and O–H groups in total. The summed E-state index contributed by atoms with van der Waals surface area (Å²) in [6, 6.07) is 11.5. The molecule has 0 bridgehead atoms. The van der Waals surface area contributed by atoms with Crippen LogP contribution >= 0.6 is 11.6 Å². The molecule has 0 spiro atoms. The van der Waals surface area contributed by atoms with Gasteiger partial charge in [0.15, 0.2) is 0 Å². The van der Waals surface area contributed by atoms with Crippen LogP contribution in [0.3, 0.4) is 0 Å². The summed E-state index contributed by atoms with van der Waals surface area (Å²) in [5.74, 6) is -1.18. The zero-order valence-electron chi connectivity index (χ0n) is 15.9. The molecule has 2 amide bonds. The summed E-state index contributed by atoms with van der Waals surface area (Å²) in [6.45, 7) is 1.06. The number of anilines is 1. The molecule has 0 radical (unpaired) electrons. The molecule has 1 heterocycles. The molecule has 28 heavy (non-hydrogen) atoms. The first-order chi connectivity index (χ1) is 13.4. The van der Waals surface area contributed by atoms with Gasteiger partial charge in [-0.05, 0) is 49.2 Å². The predicted molar refractivity (Wildman–Crippen MR) is 109 cm³/mol. The van der Waals surface area contributed by atoms with E-state index < -0.39 is 11.7 Å². The van der Waals surface area contributed by atoms with Crippen LogP contribution in [-0.2, 0) is 0 Å². The quantitative estimate of drug-likeness (QED) is 0.848. The fourth-order valence-electron chi connectivity index (χ4n) is 3.28. The van der Waals surface area contributed by atoms with Gasteiger partial charge in [-0.15, -0.1) is 0 Å². The second-order valence-electron chi connectivity index (χ2n) is 7.08. The van der Waals surface area contributed by atoms with Crippen molar-refractivity contribution >= 4 is 29.1 Å². The Balaban J connectivity index is 1.57. The lowest BCUT2D eigenvalue weighted by Crippen LogP contribution is -2.46. The summed E-state index contributed by atoms with van der Waals surface area (Å²) >= 11 is 5.95. The van der Waals surface area contributed by atoms with Gasteiger partial charge in [0, 0.05) is 44.5 Å². The molecule has 7 heteroatoms. The van der Waals surface area contributed by atoms with E-state index in [4.69, 9.17) is 11.6 Å². The van der Waals surface area contributed by atoms with Crippen LogP contribution in [0.15, 0.2) is 42.5 Å². The van der Waals surface area contributed by atoms with Crippen molar-refractivity contribution in [3.63, 3.8) is 0 Å². The van der Waals surface area contributed by atoms with E-state index in [0.29, 0.717) is 31.5 Å². The van der Waals surface area contributed by atoms with Gasteiger partial charge in [0.2, 0.25) is 0 Å². The van der Waals surface area contributed by atoms with Crippen molar-refractivity contribution in [2.75, 3.05) is 32.1 Å². The van der Waals surface area contributed by atoms with E-state index in [0.717, 1.165) is 5.69 Å². The maximum absolute atomic E-state index is 13.9. The van der Waals surface area contributed by atoms with E-state index >= 15 is 0 Å². The number of amides is 2. The van der Waals surface area contributed by atoms with Crippen LogP contribution in [0.4, 0.5) is 10.1 Å². The van der Waals surface area contributed by atoms with E-state index in [9.17, 15) is 14.0 Å². The molecule has 1 aliphatic heterocycles. The fraction of sp³-hybridized carbons (Fsp3) is 0.333. The van der Waals surface area contributed by atoms with E-state index in [1.165, 1.54) is 18.2 Å². The molecule has 0 unspecified atom stereocenters. The van der Waals surface area contributed by atoms with Gasteiger partial charge in [0.25, 0.3) is 11.8 Å². The van der Waals surface area contributed by atoms with Crippen molar-refractivity contribution in [1.82, 2.24) is 10.2 Å². The minimum absolute atomic E-state index is 0.0211. The Labute approximate surface area is 169 Å². The fourth-order valence-corrected chi connectivity index (χ4v) is 3.53. The summed E-state index contributed by atoms with van der Waals surface area (Å²) in [4.78, 5) is 28.8. The molecule has 0 aromatic heterocycles. The van der Waals surface area contributed by atoms with Crippen molar-refractivity contribution in [2.24, 2.45) is 0 Å². The highest BCUT2D eigenvalue weighted by Gasteiger charge is 2.26. The van der Waals surface area contributed by atoms with E-state index in [1.807, 2.05) is 43.3 Å². The summed E-state index contributed by atoms with van der Waals surface area (Å²) < 4.78 is 13.9. The lowest BCUT2D eigenvalue weighted by molar-refractivity contribution is 0.0698. The Hall–Kier alpha value is -2.60. The Morgan fingerprint density at radius 1 is 1.11 bits per heavy atom. The number of benzene rings is 2. The number of carbonyl (C=O) groups is 2. The molecule has 1 aliphatic rings. The van der Waals surface area contributed by atoms with Gasteiger partial charge in [-0.1, -0.05) is 17.7 Å². The average molecular weight is 404 g/mol. The first-order valence-corrected chi connectivity index (χ1v) is 9.56. The molecule has 0 aliphatic carbocycles. The molecule has 2 aromatic carbocycles. The Morgan fingerprint density at radius 2 is 1.75 bits per heavy atom. The van der Waals surface area contributed by atoms with Crippen molar-refractivity contribution in [1.29, 1.82) is 0 Å². The van der Waals surface area contributed by atoms with Gasteiger partial charge in [-0.3, -0.25) is 9.59 Å². The molecule has 0 saturated carbocycles. The standard InChI is InChI=1S/C21H23ClFN3O2/c1-25(2)16-8-6-14(7-9-16)21(28)26-12-10-15(11-13-26)24-20(27)19-17(22)4-3-5-18(19)23/h3-9,15H,10-13H2,1-2H3,(H,24,27). The number of hydrogen-bond donors (Lipinski definition) is 1. The predicted octanol–water partition coefficient (Wildman–Crippen LogP) is 3.58. The number of rotatable bonds is 4. The topological polar surface area (TPSA) is 52.7 Å². The summed E-state index contributed by atoms with van der Waals surface area (Å²) in [6.07, 6.45) is 1.22. The molecule has 148 valence electrons. The number of nitrogens with one attached hydrogen (secondary N) is 1. The highest BCUT2D eigenvalue weighted by atomic mass is 35.5. The molecule has 2 aromatic rings. The highest BCUT2D eigenvalue weighted by Crippen LogP contribution is 2.21. The molecular weight excluding hydrogens is 381 g/mol. The van der Waals surface area contributed by atoms with E-state index in [2.05, 4.69) is 5.32 Å². The SMILES string of the molecule is CN(C)c1ccc(C(=O)N2CCC(NC(=O)c3c(F)cccc3Cl)CC2)cc1. The zero-order valence-corrected chi connectivity index (χ0v) is 16.7. The third-order valence-corrected chi connectivity index (χ3v) is 5.25. The first-order valence-electron chi connectivity index (χ1n) is 9.18. The smallest absolute Gasteiger partial charge is 0.255 e. The molecule has 0 atom stereocenters. The normalized spacial score (nSPS) is 14.6. The average Bonchev–Trinajstić information content (AvgIpc) is 2.68. The van der Waals surface area contributed by atoms with Gasteiger partial charge in [0.05, 0.1) is 10.6 Å². The third-order valence-electron chi connectivity index (χ3n) is 4.94. The van der Waals surface area contributed by atoms with Crippen LogP contribution in [0, 0.1) is 5.82 Å². The van der Waals surface area contributed by atoms with Crippen LogP contribution in [0.1, 0.15) is 33.6 Å². The number of carbonyl (C=O) groups excluding carboxylic acids is 2. The largest absolute Gasteiger partial charge is 0.378 e. The van der Waals surface area contributed by atoms with Gasteiger partial charge in [-0.25, -0.2) is 4.39 Å². The number of likely N-dealkylation sites (tertiary alicyclic amines) is 1. The van der Waals surface area contributed by atoms with Crippen LogP contribution in [0.5, 0.6) is 0 Å². The minimum Gasteiger partial charge on any atom is -0.378 e. The second kappa shape index (κ2) is 8.61. The Morgan fingerprint density at radius 3 is 2.32 bits per heavy atom. The van der Waals surface area contributed by atoms with Crippen LogP contribution in [0.2, 0.25) is 5.02 Å². The second-order valence-corrected chi connectivity index (χ2v) is 7.49. The summed E-state index contributed by atoms with van der Waals surface area (Å²) in [5.41, 5.74) is 1.54. The van der Waals surface area contributed by atoms with E-state index in [-0.39, 0.29) is 22.5 Å². The van der Waals surface area contributed by atoms with E-state index in [1.54, 1.807) is 4.90 Å². The third kappa shape index (κ3) is 4.44. The van der Waals surface area contributed by atoms with Crippen LogP contribution < -0.4 is 10.2 Å². The maximum Gasteiger partial charge on any atom is 0.255 e. The van der Waals surface area contributed by atoms with Gasteiger partial charge >= 0.3 is 0 Å². The Bertz CT molecular complexity index is 842. The minimum atomic E-state index is -0.640. The number of hydrogen-bond acceptors (Lipinski definition) is 3. The van der Waals surface area contributed by atoms with Crippen LogP contribution in [-0.4, -0.2) is 49.9 Å². The van der Waals surface area contributed by atoms with Crippen molar-refractivity contribution < 1.29 is 14.0 Å². The van der Waals surface area contributed by atoms with Gasteiger partial charge in [0.1, 0.15) is 5.82 Å². The van der Waals surface area contributed by atoms with Crippen molar-refractivity contribution in [2.45, 2.75) is 18.9 Å². The molecule has 1 fully saturated rings. The zero-order chi connectivity index (χ0) is 20.3. The first kappa shape index (κ1) is 20.1. The van der Waals surface area contributed by atoms with Gasteiger partial charge in [-0.2, -0.15) is 0 Å². The number of piperidine rings is 1. The molecule has 1 saturated heterocycles. The van der Waals surface area contributed by atoms with Crippen LogP contribution in [0.25, 0.3) is 0 Å². The molecule has 3 rings (SSSR count). The summed E-state index contributed by atoms with van der Waals surface area (Å²) in [7, 11) is 3.90. The van der Waals surface area contributed by atoms with Crippen molar-refractivity contribution in [3.8, 4) is 0 Å². The Kier molecular flexibility index (Phi) is 6.19. The number of nitrogens with zero attached hydrogens (tertiary/aromatic N) is 2. The summed E-state index contributed by atoms with van der Waals surface area (Å²) in [5, 5.41) is 2.92. The highest BCUT2D eigenvalue weighted by molar-refractivity contribution is 6.33. The number of halogens is 2. The molecule has 5 nitrogen and oxygen atoms in total. The lowest BCUT2D eigenvalue weighted by atomic mass is 10.0. The van der Waals surface area contributed by atoms with Crippen molar-refractivity contribution in [3.05, 3.63) is 64.4 Å². The maximum atomic E-state index is 13.9. The molecular formula is C21H23ClFN3O2. The lowest BCUT2D eigenvalue weighted by Gasteiger charge is -2.32. The van der Waals surface area contributed by atoms with Gasteiger partial charge < -0.3 is 15.1 Å².